The molecule has 0 aliphatic carbocycles. The quantitative estimate of drug-likeness (QED) is 0.645. The maximum absolute atomic E-state index is 12.1. The number of nitrogens with one attached hydrogen (secondary N) is 3. The van der Waals surface area contributed by atoms with E-state index in [9.17, 15) is 9.59 Å². The van der Waals surface area contributed by atoms with E-state index in [4.69, 9.17) is 11.6 Å². The summed E-state index contributed by atoms with van der Waals surface area (Å²) in [5.74, 6) is 0.138. The van der Waals surface area contributed by atoms with Crippen LogP contribution in [0.25, 0.3) is 10.8 Å². The Kier molecular flexibility index (Phi) is 3.99. The minimum atomic E-state index is -0.267. The second kappa shape index (κ2) is 6.10. The second-order valence-corrected chi connectivity index (χ2v) is 5.24. The molecule has 1 amide bonds. The van der Waals surface area contributed by atoms with Crippen LogP contribution in [0, 0.1) is 0 Å². The summed E-state index contributed by atoms with van der Waals surface area (Å²) in [6, 6.07) is 10.3. The van der Waals surface area contributed by atoms with Gasteiger partial charge in [0, 0.05) is 24.5 Å². The molecule has 0 aliphatic heterocycles. The third kappa shape index (κ3) is 3.02. The molecule has 7 heteroatoms. The summed E-state index contributed by atoms with van der Waals surface area (Å²) >= 11 is 6.02. The molecule has 0 atom stereocenters. The Labute approximate surface area is 136 Å². The minimum Gasteiger partial charge on any atom is -0.355 e. The van der Waals surface area contributed by atoms with Gasteiger partial charge in [-0.05, 0) is 35.7 Å². The number of aromatic nitrogens is 2. The van der Waals surface area contributed by atoms with Crippen LogP contribution in [0.5, 0.6) is 0 Å². The first-order valence-electron chi connectivity index (χ1n) is 6.85. The maximum Gasteiger partial charge on any atom is 0.259 e. The van der Waals surface area contributed by atoms with E-state index in [1.165, 1.54) is 0 Å². The molecule has 0 aliphatic rings. The molecule has 0 spiro atoms. The van der Waals surface area contributed by atoms with Gasteiger partial charge in [0.05, 0.1) is 5.39 Å². The first-order chi connectivity index (χ1) is 11.1. The Hall–Kier alpha value is -2.86. The lowest BCUT2D eigenvalue weighted by Gasteiger charge is -2.10. The van der Waals surface area contributed by atoms with Crippen LogP contribution in [0.15, 0.2) is 47.4 Å². The minimum absolute atomic E-state index is 0.199. The molecule has 3 N–H and O–H groups in total. The van der Waals surface area contributed by atoms with E-state index < -0.39 is 0 Å². The van der Waals surface area contributed by atoms with E-state index in [0.29, 0.717) is 27.8 Å². The van der Waals surface area contributed by atoms with Crippen LogP contribution in [-0.4, -0.2) is 22.9 Å². The van der Waals surface area contributed by atoms with Crippen LogP contribution in [0.4, 0.5) is 11.5 Å². The summed E-state index contributed by atoms with van der Waals surface area (Å²) in [5, 5.41) is 6.97. The number of pyridine rings is 2. The van der Waals surface area contributed by atoms with Crippen molar-refractivity contribution < 1.29 is 4.79 Å². The highest BCUT2D eigenvalue weighted by Gasteiger charge is 2.10. The zero-order valence-corrected chi connectivity index (χ0v) is 12.9. The number of carbonyl (C=O) groups excluding carboxylic acids is 1. The number of rotatable bonds is 3. The average Bonchev–Trinajstić information content (AvgIpc) is 2.54. The Morgan fingerprint density at radius 2 is 2.09 bits per heavy atom. The smallest absolute Gasteiger partial charge is 0.259 e. The topological polar surface area (TPSA) is 86.9 Å². The van der Waals surface area contributed by atoms with Crippen molar-refractivity contribution in [2.75, 3.05) is 12.4 Å². The van der Waals surface area contributed by atoms with Crippen LogP contribution in [0.3, 0.4) is 0 Å². The molecule has 3 aromatic rings. The normalized spacial score (nSPS) is 10.5. The van der Waals surface area contributed by atoms with Crippen LogP contribution in [0.2, 0.25) is 5.15 Å². The molecule has 0 bridgehead atoms. The molecule has 0 radical (unpaired) electrons. The van der Waals surface area contributed by atoms with Crippen molar-refractivity contribution in [3.8, 4) is 0 Å². The summed E-state index contributed by atoms with van der Waals surface area (Å²) in [5.41, 5.74) is 0.861. The number of hydrogen-bond acceptors (Lipinski definition) is 4. The number of aromatic amines is 1. The molecule has 2 aromatic heterocycles. The fourth-order valence-electron chi connectivity index (χ4n) is 2.29. The fourth-order valence-corrected chi connectivity index (χ4v) is 2.49. The molecule has 6 nitrogen and oxygen atoms in total. The number of hydrogen-bond donors (Lipinski definition) is 3. The van der Waals surface area contributed by atoms with Gasteiger partial charge >= 0.3 is 0 Å². The van der Waals surface area contributed by atoms with Crippen molar-refractivity contribution in [3.05, 3.63) is 63.7 Å². The monoisotopic (exact) mass is 328 g/mol. The van der Waals surface area contributed by atoms with E-state index in [0.717, 1.165) is 0 Å². The van der Waals surface area contributed by atoms with Gasteiger partial charge in [-0.3, -0.25) is 9.59 Å². The Morgan fingerprint density at radius 3 is 2.87 bits per heavy atom. The number of nitrogens with zero attached hydrogens (tertiary/aromatic N) is 1. The lowest BCUT2D eigenvalue weighted by molar-refractivity contribution is 0.0963. The number of carbonyl (C=O) groups is 1. The molecule has 1 aromatic carbocycles. The molecule has 0 fully saturated rings. The molecule has 0 saturated heterocycles. The lowest BCUT2D eigenvalue weighted by Crippen LogP contribution is -2.17. The van der Waals surface area contributed by atoms with Crippen LogP contribution in [0.1, 0.15) is 10.4 Å². The maximum atomic E-state index is 12.1. The summed E-state index contributed by atoms with van der Waals surface area (Å²) in [4.78, 5) is 30.6. The van der Waals surface area contributed by atoms with Crippen LogP contribution >= 0.6 is 11.6 Å². The van der Waals surface area contributed by atoms with Crippen molar-refractivity contribution >= 4 is 39.8 Å². The predicted molar refractivity (Wildman–Crippen MR) is 90.5 cm³/mol. The molecular formula is C16H13ClN4O2. The van der Waals surface area contributed by atoms with Gasteiger partial charge in [0.15, 0.2) is 0 Å². The second-order valence-electron chi connectivity index (χ2n) is 4.85. The zero-order chi connectivity index (χ0) is 16.4. The van der Waals surface area contributed by atoms with Gasteiger partial charge < -0.3 is 15.6 Å². The number of fused-ring (bicyclic) bond motifs is 1. The van der Waals surface area contributed by atoms with Gasteiger partial charge in [-0.15, -0.1) is 0 Å². The third-order valence-electron chi connectivity index (χ3n) is 3.34. The van der Waals surface area contributed by atoms with E-state index in [2.05, 4.69) is 20.6 Å². The van der Waals surface area contributed by atoms with Gasteiger partial charge in [0.25, 0.3) is 11.5 Å². The largest absolute Gasteiger partial charge is 0.355 e. The van der Waals surface area contributed by atoms with Crippen molar-refractivity contribution in [3.63, 3.8) is 0 Å². The molecule has 0 saturated carbocycles. The van der Waals surface area contributed by atoms with Gasteiger partial charge in [-0.2, -0.15) is 0 Å². The third-order valence-corrected chi connectivity index (χ3v) is 3.53. The Balaban J connectivity index is 2.09. The Morgan fingerprint density at radius 1 is 1.26 bits per heavy atom. The first kappa shape index (κ1) is 15.1. The van der Waals surface area contributed by atoms with E-state index >= 15 is 0 Å². The molecule has 0 unspecified atom stereocenters. The van der Waals surface area contributed by atoms with Crippen molar-refractivity contribution in [1.82, 2.24) is 15.3 Å². The van der Waals surface area contributed by atoms with Crippen molar-refractivity contribution in [1.29, 1.82) is 0 Å². The highest BCUT2D eigenvalue weighted by molar-refractivity contribution is 6.30. The van der Waals surface area contributed by atoms with E-state index in [1.54, 1.807) is 49.6 Å². The van der Waals surface area contributed by atoms with Crippen LogP contribution < -0.4 is 16.2 Å². The molecule has 116 valence electrons. The lowest BCUT2D eigenvalue weighted by atomic mass is 10.1. The van der Waals surface area contributed by atoms with E-state index in [1.807, 2.05) is 0 Å². The number of H-pyrrole nitrogens is 1. The molecular weight excluding hydrogens is 316 g/mol. The van der Waals surface area contributed by atoms with Crippen LogP contribution in [-0.2, 0) is 0 Å². The van der Waals surface area contributed by atoms with Gasteiger partial charge in [-0.1, -0.05) is 17.7 Å². The van der Waals surface area contributed by atoms with Crippen molar-refractivity contribution in [2.24, 2.45) is 0 Å². The Bertz CT molecular complexity index is 952. The first-order valence-corrected chi connectivity index (χ1v) is 7.23. The predicted octanol–water partition coefficient (Wildman–Crippen LogP) is 2.68. The number of anilines is 2. The standard InChI is InChI=1S/C16H13ClN4O2/c1-18-15(22)10-3-2-4-11(7-10)20-14-13-9(8-12(17)21-14)5-6-19-16(13)23/h2-8H,1H3,(H,18,22)(H,19,23)(H,20,21). The molecule has 3 rings (SSSR count). The summed E-state index contributed by atoms with van der Waals surface area (Å²) in [6.07, 6.45) is 1.55. The SMILES string of the molecule is CNC(=O)c1cccc(Nc2nc(Cl)cc3cc[nH]c(=O)c23)c1. The summed E-state index contributed by atoms with van der Waals surface area (Å²) in [7, 11) is 1.56. The zero-order valence-electron chi connectivity index (χ0n) is 12.2. The number of halogens is 1. The number of benzene rings is 1. The molecule has 23 heavy (non-hydrogen) atoms. The number of amides is 1. The fraction of sp³-hybridized carbons (Fsp3) is 0.0625. The van der Waals surface area contributed by atoms with Gasteiger partial charge in [0.2, 0.25) is 0 Å². The van der Waals surface area contributed by atoms with Gasteiger partial charge in [-0.25, -0.2) is 4.98 Å². The van der Waals surface area contributed by atoms with Gasteiger partial charge in [0.1, 0.15) is 11.0 Å². The average molecular weight is 329 g/mol. The highest BCUT2D eigenvalue weighted by Crippen LogP contribution is 2.25. The molecule has 2 heterocycles. The van der Waals surface area contributed by atoms with Crippen molar-refractivity contribution in [2.45, 2.75) is 0 Å². The summed E-state index contributed by atoms with van der Waals surface area (Å²) in [6.45, 7) is 0. The van der Waals surface area contributed by atoms with E-state index in [-0.39, 0.29) is 16.6 Å². The summed E-state index contributed by atoms with van der Waals surface area (Å²) < 4.78 is 0. The highest BCUT2D eigenvalue weighted by atomic mass is 35.5.